The first kappa shape index (κ1) is 17.9. The molecule has 0 bridgehead atoms. The van der Waals surface area contributed by atoms with Crippen LogP contribution in [0.3, 0.4) is 0 Å². The van der Waals surface area contributed by atoms with Crippen LogP contribution in [0.25, 0.3) is 43.1 Å². The number of carboxylic acid groups (broad SMARTS) is 1. The number of primary amides is 1. The summed E-state index contributed by atoms with van der Waals surface area (Å²) in [6, 6.07) is 18.2. The van der Waals surface area contributed by atoms with Crippen LogP contribution in [0.15, 0.2) is 59.1 Å². The largest absolute Gasteiger partial charge is 0.481 e. The smallest absolute Gasteiger partial charge is 0.307 e. The first-order chi connectivity index (χ1) is 14.0. The highest BCUT2D eigenvalue weighted by molar-refractivity contribution is 9.10. The van der Waals surface area contributed by atoms with Crippen molar-refractivity contribution in [2.24, 2.45) is 5.73 Å². The Morgan fingerprint density at radius 1 is 0.828 bits per heavy atom. The fourth-order valence-electron chi connectivity index (χ4n) is 4.58. The van der Waals surface area contributed by atoms with Gasteiger partial charge in [0.1, 0.15) is 0 Å². The van der Waals surface area contributed by atoms with E-state index in [0.29, 0.717) is 11.1 Å². The molecule has 5 aromatic carbocycles. The molecule has 1 amide bonds. The zero-order valence-corrected chi connectivity index (χ0v) is 16.9. The van der Waals surface area contributed by atoms with Crippen LogP contribution in [0.4, 0.5) is 0 Å². The number of carbonyl (C=O) groups is 2. The zero-order chi connectivity index (χ0) is 20.3. The van der Waals surface area contributed by atoms with Crippen molar-refractivity contribution in [3.05, 3.63) is 70.2 Å². The number of hydrogen-bond donors (Lipinski definition) is 2. The van der Waals surface area contributed by atoms with E-state index in [4.69, 9.17) is 5.73 Å². The molecule has 3 N–H and O–H groups in total. The van der Waals surface area contributed by atoms with Crippen molar-refractivity contribution >= 4 is 70.9 Å². The molecule has 0 aliphatic heterocycles. The fraction of sp³-hybridized carbons (Fsp3) is 0.0833. The highest BCUT2D eigenvalue weighted by Crippen LogP contribution is 2.44. The number of benzene rings is 5. The molecule has 0 spiro atoms. The minimum atomic E-state index is -0.935. The molecule has 0 aromatic heterocycles. The van der Waals surface area contributed by atoms with Crippen molar-refractivity contribution in [1.82, 2.24) is 0 Å². The first-order valence-electron chi connectivity index (χ1n) is 9.25. The van der Waals surface area contributed by atoms with Crippen molar-refractivity contribution in [2.45, 2.75) is 12.8 Å². The van der Waals surface area contributed by atoms with E-state index in [0.717, 1.165) is 47.6 Å². The Morgan fingerprint density at radius 3 is 2.28 bits per heavy atom. The van der Waals surface area contributed by atoms with E-state index in [1.54, 1.807) is 0 Å². The Bertz CT molecular complexity index is 1470. The molecule has 0 atom stereocenters. The van der Waals surface area contributed by atoms with Crippen LogP contribution >= 0.6 is 15.9 Å². The second-order valence-corrected chi connectivity index (χ2v) is 8.18. The molecule has 5 aromatic rings. The van der Waals surface area contributed by atoms with Gasteiger partial charge in [0.15, 0.2) is 0 Å². The van der Waals surface area contributed by atoms with E-state index in [9.17, 15) is 14.7 Å². The van der Waals surface area contributed by atoms with Gasteiger partial charge in [0.05, 0.1) is 12.8 Å². The molecule has 0 radical (unpaired) electrons. The summed E-state index contributed by atoms with van der Waals surface area (Å²) in [7, 11) is 0. The van der Waals surface area contributed by atoms with Gasteiger partial charge in [-0.25, -0.2) is 0 Å². The summed E-state index contributed by atoms with van der Waals surface area (Å²) < 4.78 is 0.992. The van der Waals surface area contributed by atoms with Crippen LogP contribution in [0.2, 0.25) is 0 Å². The molecule has 0 aliphatic rings. The van der Waals surface area contributed by atoms with E-state index in [1.807, 2.05) is 36.4 Å². The standard InChI is InChI=1S/C24H16BrNO3/c25-19-8-7-15-14-4-1-3-12-9-13(10-21(28)29)18(11-20(26)27)24(22(12)14)17-6-2-5-16(19)23(15)17/h1-9H,10-11H2,(H2,26,27)(H,28,29). The summed E-state index contributed by atoms with van der Waals surface area (Å²) in [5, 5.41) is 17.8. The van der Waals surface area contributed by atoms with Gasteiger partial charge in [0.2, 0.25) is 5.91 Å². The number of aliphatic carboxylic acids is 1. The number of nitrogens with two attached hydrogens (primary N) is 1. The van der Waals surface area contributed by atoms with Gasteiger partial charge in [0.25, 0.3) is 0 Å². The van der Waals surface area contributed by atoms with Gasteiger partial charge in [-0.1, -0.05) is 64.5 Å². The number of hydrogen-bond acceptors (Lipinski definition) is 2. The fourth-order valence-corrected chi connectivity index (χ4v) is 5.04. The minimum absolute atomic E-state index is 0.00193. The van der Waals surface area contributed by atoms with Gasteiger partial charge in [-0.3, -0.25) is 9.59 Å². The summed E-state index contributed by atoms with van der Waals surface area (Å²) in [6.07, 6.45) is -0.154. The van der Waals surface area contributed by atoms with Gasteiger partial charge in [-0.15, -0.1) is 0 Å². The molecule has 4 nitrogen and oxygen atoms in total. The van der Waals surface area contributed by atoms with Gasteiger partial charge in [0, 0.05) is 4.47 Å². The highest BCUT2D eigenvalue weighted by Gasteiger charge is 2.20. The lowest BCUT2D eigenvalue weighted by atomic mass is 9.84. The predicted molar refractivity (Wildman–Crippen MR) is 120 cm³/mol. The molecule has 5 rings (SSSR count). The number of fused-ring (bicyclic) bond motifs is 2. The Kier molecular flexibility index (Phi) is 3.96. The number of carbonyl (C=O) groups excluding carboxylic acids is 1. The first-order valence-corrected chi connectivity index (χ1v) is 10.0. The Hall–Kier alpha value is -3.18. The van der Waals surface area contributed by atoms with Crippen molar-refractivity contribution < 1.29 is 14.7 Å². The van der Waals surface area contributed by atoms with E-state index in [1.165, 1.54) is 0 Å². The average molecular weight is 446 g/mol. The summed E-state index contributed by atoms with van der Waals surface area (Å²) in [5.41, 5.74) is 6.91. The molecular formula is C24H16BrNO3. The van der Waals surface area contributed by atoms with Crippen LogP contribution < -0.4 is 5.73 Å². The number of halogens is 1. The average Bonchev–Trinajstić information content (AvgIpc) is 2.68. The van der Waals surface area contributed by atoms with Crippen molar-refractivity contribution in [3.63, 3.8) is 0 Å². The molecule has 0 saturated heterocycles. The third-order valence-corrected chi connectivity index (χ3v) is 6.30. The minimum Gasteiger partial charge on any atom is -0.481 e. The third-order valence-electron chi connectivity index (χ3n) is 5.61. The molecule has 0 aliphatic carbocycles. The van der Waals surface area contributed by atoms with Gasteiger partial charge < -0.3 is 10.8 Å². The number of carboxylic acids is 1. The quantitative estimate of drug-likeness (QED) is 0.296. The molecule has 5 heteroatoms. The third kappa shape index (κ3) is 2.65. The lowest BCUT2D eigenvalue weighted by Crippen LogP contribution is -2.16. The molecule has 142 valence electrons. The summed E-state index contributed by atoms with van der Waals surface area (Å²) in [4.78, 5) is 23.5. The molecule has 0 heterocycles. The van der Waals surface area contributed by atoms with E-state index >= 15 is 0 Å². The predicted octanol–water partition coefficient (Wildman–Crippen LogP) is 5.15. The number of amides is 1. The van der Waals surface area contributed by atoms with E-state index in [2.05, 4.69) is 34.1 Å². The summed E-state index contributed by atoms with van der Waals surface area (Å²) in [6.45, 7) is 0. The SMILES string of the molecule is NC(=O)Cc1c(CC(=O)O)cc2cccc3c4ccc(Br)c5cccc(c1c23)c54. The van der Waals surface area contributed by atoms with Crippen molar-refractivity contribution in [1.29, 1.82) is 0 Å². The van der Waals surface area contributed by atoms with Crippen LogP contribution in [0, 0.1) is 0 Å². The maximum Gasteiger partial charge on any atom is 0.307 e. The maximum atomic E-state index is 11.9. The molecule has 0 fully saturated rings. The van der Waals surface area contributed by atoms with Crippen LogP contribution in [0.1, 0.15) is 11.1 Å². The second kappa shape index (κ2) is 6.42. The van der Waals surface area contributed by atoms with Crippen molar-refractivity contribution in [3.8, 4) is 0 Å². The molecule has 29 heavy (non-hydrogen) atoms. The second-order valence-electron chi connectivity index (χ2n) is 7.33. The monoisotopic (exact) mass is 445 g/mol. The van der Waals surface area contributed by atoms with Crippen molar-refractivity contribution in [2.75, 3.05) is 0 Å². The van der Waals surface area contributed by atoms with E-state index in [-0.39, 0.29) is 12.8 Å². The highest BCUT2D eigenvalue weighted by atomic mass is 79.9. The zero-order valence-electron chi connectivity index (χ0n) is 15.3. The molecule has 0 unspecified atom stereocenters. The summed E-state index contributed by atoms with van der Waals surface area (Å²) >= 11 is 3.65. The normalized spacial score (nSPS) is 11.8. The van der Waals surface area contributed by atoms with Crippen LogP contribution in [0.5, 0.6) is 0 Å². The topological polar surface area (TPSA) is 80.4 Å². The van der Waals surface area contributed by atoms with Gasteiger partial charge >= 0.3 is 5.97 Å². The summed E-state index contributed by atoms with van der Waals surface area (Å²) in [5.74, 6) is -1.41. The van der Waals surface area contributed by atoms with Crippen LogP contribution in [-0.2, 0) is 22.4 Å². The Labute approximate surface area is 174 Å². The van der Waals surface area contributed by atoms with Gasteiger partial charge in [-0.05, 0) is 60.3 Å². The lowest BCUT2D eigenvalue weighted by molar-refractivity contribution is -0.136. The lowest BCUT2D eigenvalue weighted by Gasteiger charge is -2.19. The number of rotatable bonds is 4. The Balaban J connectivity index is 2.12. The maximum absolute atomic E-state index is 11.9. The Morgan fingerprint density at radius 2 is 1.52 bits per heavy atom. The molecular weight excluding hydrogens is 430 g/mol. The van der Waals surface area contributed by atoms with Gasteiger partial charge in [-0.2, -0.15) is 0 Å². The van der Waals surface area contributed by atoms with Crippen LogP contribution in [-0.4, -0.2) is 17.0 Å². The molecule has 0 saturated carbocycles. The van der Waals surface area contributed by atoms with E-state index < -0.39 is 11.9 Å².